The van der Waals surface area contributed by atoms with Crippen molar-refractivity contribution in [3.05, 3.63) is 41.5 Å². The molecule has 25 heavy (non-hydrogen) atoms. The molecule has 0 heterocycles. The minimum Gasteiger partial charge on any atom is -0.491 e. The molecule has 5 heteroatoms. The second-order valence-electron chi connectivity index (χ2n) is 7.70. The topological polar surface area (TPSA) is 67.4 Å². The van der Waals surface area contributed by atoms with Crippen LogP contribution in [-0.2, 0) is 4.79 Å². The van der Waals surface area contributed by atoms with Crippen molar-refractivity contribution in [2.45, 2.75) is 47.6 Å². The number of amides is 2. The van der Waals surface area contributed by atoms with Crippen LogP contribution in [0, 0.1) is 17.3 Å². The van der Waals surface area contributed by atoms with Crippen LogP contribution in [-0.4, -0.2) is 17.9 Å². The molecule has 0 spiro atoms. The molecule has 0 saturated heterocycles. The van der Waals surface area contributed by atoms with Gasteiger partial charge in [-0.15, -0.1) is 0 Å². The third-order valence-electron chi connectivity index (χ3n) is 4.49. The number of carbonyl (C=O) groups excluding carboxylic acids is 2. The molecule has 2 rings (SSSR count). The number of hydrogen-bond donors (Lipinski definition) is 2. The summed E-state index contributed by atoms with van der Waals surface area (Å²) in [5, 5.41) is 0. The lowest BCUT2D eigenvalue weighted by Gasteiger charge is -2.11. The van der Waals surface area contributed by atoms with E-state index in [1.165, 1.54) is 5.57 Å². The highest BCUT2D eigenvalue weighted by atomic mass is 16.5. The van der Waals surface area contributed by atoms with E-state index in [9.17, 15) is 9.59 Å². The van der Waals surface area contributed by atoms with Crippen molar-refractivity contribution < 1.29 is 14.3 Å². The number of rotatable bonds is 5. The molecule has 0 aromatic heterocycles. The van der Waals surface area contributed by atoms with Gasteiger partial charge in [0, 0.05) is 5.56 Å². The minimum atomic E-state index is -0.346. The van der Waals surface area contributed by atoms with Gasteiger partial charge in [0.1, 0.15) is 5.75 Å². The van der Waals surface area contributed by atoms with Crippen molar-refractivity contribution in [1.82, 2.24) is 10.9 Å². The lowest BCUT2D eigenvalue weighted by atomic mass is 10.1. The van der Waals surface area contributed by atoms with Crippen LogP contribution in [0.5, 0.6) is 5.75 Å². The first-order chi connectivity index (χ1) is 11.6. The Morgan fingerprint density at radius 2 is 1.72 bits per heavy atom. The molecule has 1 fully saturated rings. The van der Waals surface area contributed by atoms with E-state index in [-0.39, 0.29) is 35.2 Å². The third-order valence-corrected chi connectivity index (χ3v) is 4.49. The van der Waals surface area contributed by atoms with Gasteiger partial charge in [-0.2, -0.15) is 0 Å². The van der Waals surface area contributed by atoms with Gasteiger partial charge >= 0.3 is 0 Å². The van der Waals surface area contributed by atoms with Gasteiger partial charge in [0.2, 0.25) is 5.91 Å². The zero-order chi connectivity index (χ0) is 18.8. The third kappa shape index (κ3) is 4.62. The maximum atomic E-state index is 12.3. The van der Waals surface area contributed by atoms with Crippen LogP contribution in [0.1, 0.15) is 51.9 Å². The highest BCUT2D eigenvalue weighted by Gasteiger charge is 2.60. The van der Waals surface area contributed by atoms with Gasteiger partial charge < -0.3 is 4.74 Å². The lowest BCUT2D eigenvalue weighted by molar-refractivity contribution is -0.123. The van der Waals surface area contributed by atoms with Gasteiger partial charge in [0.15, 0.2) is 0 Å². The Labute approximate surface area is 149 Å². The SMILES string of the molecule is CC(C)=C[C@H]1[C@H](C(=O)NNC(=O)c2ccc(OC(C)C)cc2)C1(C)C. The Morgan fingerprint density at radius 3 is 2.24 bits per heavy atom. The molecular formula is C20H28N2O3. The predicted molar refractivity (Wildman–Crippen MR) is 98.0 cm³/mol. The van der Waals surface area contributed by atoms with E-state index in [1.54, 1.807) is 24.3 Å². The van der Waals surface area contributed by atoms with Crippen molar-refractivity contribution in [1.29, 1.82) is 0 Å². The maximum Gasteiger partial charge on any atom is 0.269 e. The monoisotopic (exact) mass is 344 g/mol. The van der Waals surface area contributed by atoms with E-state index in [1.807, 2.05) is 27.7 Å². The summed E-state index contributed by atoms with van der Waals surface area (Å²) in [6.45, 7) is 12.1. The van der Waals surface area contributed by atoms with Crippen LogP contribution in [0.15, 0.2) is 35.9 Å². The molecule has 1 aliphatic carbocycles. The van der Waals surface area contributed by atoms with Crippen molar-refractivity contribution in [2.24, 2.45) is 17.3 Å². The molecule has 0 unspecified atom stereocenters. The first-order valence-electron chi connectivity index (χ1n) is 8.65. The first-order valence-corrected chi connectivity index (χ1v) is 8.65. The van der Waals surface area contributed by atoms with Crippen molar-refractivity contribution >= 4 is 11.8 Å². The van der Waals surface area contributed by atoms with Crippen molar-refractivity contribution in [3.63, 3.8) is 0 Å². The van der Waals surface area contributed by atoms with Gasteiger partial charge in [0.05, 0.1) is 12.0 Å². The summed E-state index contributed by atoms with van der Waals surface area (Å²) in [4.78, 5) is 24.5. The van der Waals surface area contributed by atoms with Gasteiger partial charge in [0.25, 0.3) is 5.91 Å². The van der Waals surface area contributed by atoms with Crippen molar-refractivity contribution in [3.8, 4) is 5.75 Å². The Bertz CT molecular complexity index is 671. The van der Waals surface area contributed by atoms with Gasteiger partial charge in [-0.3, -0.25) is 20.4 Å². The standard InChI is InChI=1S/C20H28N2O3/c1-12(2)11-16-17(20(16,5)6)19(24)22-21-18(23)14-7-9-15(10-8-14)25-13(3)4/h7-11,13,16-17H,1-6H3,(H,21,23)(H,22,24)/t16-,17+/m0/s1. The Balaban J connectivity index is 1.90. The Kier molecular flexibility index (Phi) is 5.55. The summed E-state index contributed by atoms with van der Waals surface area (Å²) in [5.74, 6) is 0.300. The number of hydrazine groups is 1. The molecule has 2 amide bonds. The van der Waals surface area contributed by atoms with Crippen molar-refractivity contribution in [2.75, 3.05) is 0 Å². The second kappa shape index (κ2) is 7.30. The van der Waals surface area contributed by atoms with E-state index in [4.69, 9.17) is 4.74 Å². The number of ether oxygens (including phenoxy) is 1. The van der Waals surface area contributed by atoms with E-state index in [0.29, 0.717) is 11.3 Å². The average Bonchev–Trinajstić information content (AvgIpc) is 3.04. The molecular weight excluding hydrogens is 316 g/mol. The van der Waals surface area contributed by atoms with Crippen LogP contribution in [0.25, 0.3) is 0 Å². The fourth-order valence-electron chi connectivity index (χ4n) is 3.07. The Morgan fingerprint density at radius 1 is 1.12 bits per heavy atom. The summed E-state index contributed by atoms with van der Waals surface area (Å²) in [6.07, 6.45) is 2.20. The number of hydrogen-bond acceptors (Lipinski definition) is 3. The van der Waals surface area contributed by atoms with E-state index < -0.39 is 0 Å². The Hall–Kier alpha value is -2.30. The molecule has 0 aliphatic heterocycles. The molecule has 1 aromatic rings. The van der Waals surface area contributed by atoms with Crippen LogP contribution in [0.3, 0.4) is 0 Å². The number of allylic oxidation sites excluding steroid dienone is 2. The summed E-state index contributed by atoms with van der Waals surface area (Å²) >= 11 is 0. The predicted octanol–water partition coefficient (Wildman–Crippen LogP) is 3.47. The van der Waals surface area contributed by atoms with E-state index in [2.05, 4.69) is 30.8 Å². The molecule has 1 aliphatic rings. The quantitative estimate of drug-likeness (QED) is 0.635. The molecule has 0 bridgehead atoms. The average molecular weight is 344 g/mol. The lowest BCUT2D eigenvalue weighted by Crippen LogP contribution is -2.43. The van der Waals surface area contributed by atoms with Crippen LogP contribution in [0.2, 0.25) is 0 Å². The minimum absolute atomic E-state index is 0.0783. The van der Waals surface area contributed by atoms with E-state index >= 15 is 0 Å². The summed E-state index contributed by atoms with van der Waals surface area (Å²) in [5.41, 5.74) is 6.62. The van der Waals surface area contributed by atoms with Crippen LogP contribution < -0.4 is 15.6 Å². The fourth-order valence-corrected chi connectivity index (χ4v) is 3.07. The highest BCUT2D eigenvalue weighted by molar-refractivity contribution is 5.96. The first kappa shape index (κ1) is 19.0. The van der Waals surface area contributed by atoms with Gasteiger partial charge in [-0.1, -0.05) is 25.5 Å². The second-order valence-corrected chi connectivity index (χ2v) is 7.70. The zero-order valence-electron chi connectivity index (χ0n) is 15.8. The maximum absolute atomic E-state index is 12.3. The summed E-state index contributed by atoms with van der Waals surface area (Å²) < 4.78 is 5.55. The molecule has 2 atom stereocenters. The normalized spacial score (nSPS) is 20.6. The molecule has 1 aromatic carbocycles. The fraction of sp³-hybridized carbons (Fsp3) is 0.500. The molecule has 1 saturated carbocycles. The smallest absolute Gasteiger partial charge is 0.269 e. The highest BCUT2D eigenvalue weighted by Crippen LogP contribution is 2.59. The van der Waals surface area contributed by atoms with Crippen LogP contribution >= 0.6 is 0 Å². The molecule has 5 nitrogen and oxygen atoms in total. The summed E-state index contributed by atoms with van der Waals surface area (Å²) in [6, 6.07) is 6.83. The zero-order valence-corrected chi connectivity index (χ0v) is 15.8. The number of nitrogens with one attached hydrogen (secondary N) is 2. The molecule has 0 radical (unpaired) electrons. The largest absolute Gasteiger partial charge is 0.491 e. The van der Waals surface area contributed by atoms with E-state index in [0.717, 1.165) is 0 Å². The molecule has 136 valence electrons. The summed E-state index contributed by atoms with van der Waals surface area (Å²) in [7, 11) is 0. The number of benzene rings is 1. The molecule has 2 N–H and O–H groups in total. The number of carbonyl (C=O) groups is 2. The van der Waals surface area contributed by atoms with Gasteiger partial charge in [-0.25, -0.2) is 0 Å². The van der Waals surface area contributed by atoms with Gasteiger partial charge in [-0.05, 0) is 63.3 Å². The van der Waals surface area contributed by atoms with Crippen LogP contribution in [0.4, 0.5) is 0 Å².